The third-order valence-electron chi connectivity index (χ3n) is 2.37. The zero-order valence-corrected chi connectivity index (χ0v) is 8.82. The van der Waals surface area contributed by atoms with Gasteiger partial charge >= 0.3 is 11.9 Å². The van der Waals surface area contributed by atoms with Crippen LogP contribution in [0.2, 0.25) is 5.15 Å². The third-order valence-corrected chi connectivity index (χ3v) is 2.66. The Hall–Kier alpha value is -1.36. The Kier molecular flexibility index (Phi) is 2.48. The van der Waals surface area contributed by atoms with Crippen LogP contribution in [0, 0.1) is 0 Å². The van der Waals surface area contributed by atoms with Gasteiger partial charge in [-0.25, -0.2) is 4.98 Å². The van der Waals surface area contributed by atoms with Crippen LogP contribution in [0.25, 0.3) is 0 Å². The Balaban J connectivity index is 2.40. The third kappa shape index (κ3) is 1.63. The molecule has 2 heterocycles. The highest BCUT2D eigenvalue weighted by molar-refractivity contribution is 6.30. The minimum atomic E-state index is -0.604. The van der Waals surface area contributed by atoms with Gasteiger partial charge in [-0.3, -0.25) is 9.59 Å². The van der Waals surface area contributed by atoms with Crippen LogP contribution < -0.4 is 0 Å². The number of carbonyl (C=O) groups excluding carboxylic acids is 2. The van der Waals surface area contributed by atoms with Gasteiger partial charge in [0.2, 0.25) is 0 Å². The zero-order chi connectivity index (χ0) is 11.0. The zero-order valence-electron chi connectivity index (χ0n) is 8.07. The lowest BCUT2D eigenvalue weighted by Crippen LogP contribution is -2.11. The Labute approximate surface area is 91.0 Å². The summed E-state index contributed by atoms with van der Waals surface area (Å²) >= 11 is 5.87. The number of cyclic esters (lactones) is 2. The largest absolute Gasteiger partial charge is 0.393 e. The fraction of sp³-hybridized carbons (Fsp3) is 0.444. The first-order valence-electron chi connectivity index (χ1n) is 4.58. The van der Waals surface area contributed by atoms with E-state index in [2.05, 4.69) is 9.72 Å². The van der Waals surface area contributed by atoms with Crippen molar-refractivity contribution in [3.05, 3.63) is 17.2 Å². The molecule has 0 N–H and O–H groups in total. The number of nitrogens with zero attached hydrogens (tertiary/aromatic N) is 2. The molecular formula is C9H9ClN2O3. The number of rotatable bonds is 2. The molecule has 0 bridgehead atoms. The van der Waals surface area contributed by atoms with Crippen LogP contribution in [-0.2, 0) is 20.9 Å². The normalized spacial score (nSPS) is 20.8. The van der Waals surface area contributed by atoms with Crippen LogP contribution in [0.5, 0.6) is 0 Å². The van der Waals surface area contributed by atoms with E-state index < -0.39 is 17.9 Å². The van der Waals surface area contributed by atoms with Crippen molar-refractivity contribution in [2.24, 2.45) is 0 Å². The standard InChI is InChI=1S/C9H9ClN2O3/c1-2-12-4-11-8(10)7(12)5-3-6(13)15-9(5)14/h4-5H,2-3H2,1H3. The van der Waals surface area contributed by atoms with Crippen LogP contribution in [0.1, 0.15) is 25.0 Å². The average molecular weight is 229 g/mol. The molecule has 80 valence electrons. The Morgan fingerprint density at radius 2 is 2.40 bits per heavy atom. The van der Waals surface area contributed by atoms with Crippen molar-refractivity contribution >= 4 is 23.5 Å². The molecule has 0 amide bonds. The summed E-state index contributed by atoms with van der Waals surface area (Å²) in [6.45, 7) is 2.55. The fourth-order valence-electron chi connectivity index (χ4n) is 1.65. The minimum Gasteiger partial charge on any atom is -0.393 e. The van der Waals surface area contributed by atoms with Gasteiger partial charge in [0.1, 0.15) is 5.92 Å². The monoisotopic (exact) mass is 228 g/mol. The summed E-state index contributed by atoms with van der Waals surface area (Å²) in [7, 11) is 0. The molecule has 1 aromatic rings. The summed E-state index contributed by atoms with van der Waals surface area (Å²) < 4.78 is 6.22. The summed E-state index contributed by atoms with van der Waals surface area (Å²) in [6, 6.07) is 0. The van der Waals surface area contributed by atoms with Gasteiger partial charge in [0.25, 0.3) is 0 Å². The van der Waals surface area contributed by atoms with E-state index in [1.165, 1.54) is 0 Å². The molecule has 2 rings (SSSR count). The van der Waals surface area contributed by atoms with Crippen LogP contribution in [0.15, 0.2) is 6.33 Å². The minimum absolute atomic E-state index is 0.0459. The van der Waals surface area contributed by atoms with Crippen molar-refractivity contribution in [3.8, 4) is 0 Å². The predicted octanol–water partition coefficient (Wildman–Crippen LogP) is 1.11. The van der Waals surface area contributed by atoms with E-state index in [1.54, 1.807) is 10.9 Å². The molecular weight excluding hydrogens is 220 g/mol. The van der Waals surface area contributed by atoms with Crippen molar-refractivity contribution in [1.82, 2.24) is 9.55 Å². The first-order chi connectivity index (χ1) is 7.13. The van der Waals surface area contributed by atoms with Crippen LogP contribution in [-0.4, -0.2) is 21.5 Å². The first kappa shape index (κ1) is 10.2. The summed E-state index contributed by atoms with van der Waals surface area (Å²) in [5.41, 5.74) is 0.565. The van der Waals surface area contributed by atoms with Gasteiger partial charge in [-0.15, -0.1) is 0 Å². The summed E-state index contributed by atoms with van der Waals surface area (Å²) in [4.78, 5) is 26.2. The highest BCUT2D eigenvalue weighted by Crippen LogP contribution is 2.31. The number of hydrogen-bond donors (Lipinski definition) is 0. The Morgan fingerprint density at radius 3 is 2.93 bits per heavy atom. The fourth-order valence-corrected chi connectivity index (χ4v) is 1.93. The number of aromatic nitrogens is 2. The molecule has 1 fully saturated rings. The summed E-state index contributed by atoms with van der Waals surface area (Å²) in [5.74, 6) is -1.66. The van der Waals surface area contributed by atoms with E-state index >= 15 is 0 Å². The molecule has 1 aliphatic heterocycles. The van der Waals surface area contributed by atoms with E-state index in [1.807, 2.05) is 6.92 Å². The van der Waals surface area contributed by atoms with E-state index in [-0.39, 0.29) is 11.6 Å². The molecule has 1 unspecified atom stereocenters. The molecule has 6 heteroatoms. The number of imidazole rings is 1. The first-order valence-corrected chi connectivity index (χ1v) is 4.96. The van der Waals surface area contributed by atoms with E-state index in [9.17, 15) is 9.59 Å². The number of carbonyl (C=O) groups is 2. The lowest BCUT2D eigenvalue weighted by Gasteiger charge is -2.08. The molecule has 1 atom stereocenters. The molecule has 0 spiro atoms. The van der Waals surface area contributed by atoms with Crippen molar-refractivity contribution in [2.75, 3.05) is 0 Å². The van der Waals surface area contributed by atoms with Crippen molar-refractivity contribution in [2.45, 2.75) is 25.8 Å². The number of hydrogen-bond acceptors (Lipinski definition) is 4. The van der Waals surface area contributed by atoms with Crippen molar-refractivity contribution < 1.29 is 14.3 Å². The quantitative estimate of drug-likeness (QED) is 0.562. The maximum absolute atomic E-state index is 11.4. The lowest BCUT2D eigenvalue weighted by molar-refractivity contribution is -0.152. The van der Waals surface area contributed by atoms with Gasteiger partial charge < -0.3 is 9.30 Å². The molecule has 15 heavy (non-hydrogen) atoms. The van der Waals surface area contributed by atoms with E-state index in [0.29, 0.717) is 12.2 Å². The highest BCUT2D eigenvalue weighted by Gasteiger charge is 2.38. The van der Waals surface area contributed by atoms with Crippen LogP contribution in [0.4, 0.5) is 0 Å². The number of halogens is 1. The predicted molar refractivity (Wildman–Crippen MR) is 51.4 cm³/mol. The molecule has 1 saturated heterocycles. The smallest absolute Gasteiger partial charge is 0.323 e. The second kappa shape index (κ2) is 3.66. The summed E-state index contributed by atoms with van der Waals surface area (Å²) in [6.07, 6.45) is 1.60. The van der Waals surface area contributed by atoms with Crippen molar-refractivity contribution in [3.63, 3.8) is 0 Å². The second-order valence-electron chi connectivity index (χ2n) is 3.26. The second-order valence-corrected chi connectivity index (χ2v) is 3.61. The molecule has 0 saturated carbocycles. The maximum Gasteiger partial charge on any atom is 0.323 e. The summed E-state index contributed by atoms with van der Waals surface area (Å²) in [5, 5.41) is 0.258. The lowest BCUT2D eigenvalue weighted by atomic mass is 10.0. The molecule has 1 aromatic heterocycles. The van der Waals surface area contributed by atoms with Gasteiger partial charge in [0.15, 0.2) is 5.15 Å². The number of esters is 2. The maximum atomic E-state index is 11.4. The van der Waals surface area contributed by atoms with Gasteiger partial charge in [-0.2, -0.15) is 0 Å². The average Bonchev–Trinajstić information content (AvgIpc) is 2.69. The SMILES string of the molecule is CCn1cnc(Cl)c1C1CC(=O)OC1=O. The molecule has 0 aliphatic carbocycles. The molecule has 1 aliphatic rings. The number of aryl methyl sites for hydroxylation is 1. The Morgan fingerprint density at radius 1 is 1.67 bits per heavy atom. The number of ether oxygens (including phenoxy) is 1. The van der Waals surface area contributed by atoms with Gasteiger partial charge in [-0.1, -0.05) is 11.6 Å². The van der Waals surface area contributed by atoms with Gasteiger partial charge in [0.05, 0.1) is 18.4 Å². The highest BCUT2D eigenvalue weighted by atomic mass is 35.5. The van der Waals surface area contributed by atoms with Crippen LogP contribution >= 0.6 is 11.6 Å². The molecule has 0 aromatic carbocycles. The van der Waals surface area contributed by atoms with E-state index in [0.717, 1.165) is 0 Å². The van der Waals surface area contributed by atoms with E-state index in [4.69, 9.17) is 11.6 Å². The van der Waals surface area contributed by atoms with Crippen LogP contribution in [0.3, 0.4) is 0 Å². The van der Waals surface area contributed by atoms with Gasteiger partial charge in [0, 0.05) is 6.54 Å². The Bertz CT molecular complexity index is 427. The van der Waals surface area contributed by atoms with Crippen molar-refractivity contribution in [1.29, 1.82) is 0 Å². The molecule has 0 radical (unpaired) electrons. The van der Waals surface area contributed by atoms with Gasteiger partial charge in [-0.05, 0) is 6.92 Å². The molecule has 5 nitrogen and oxygen atoms in total. The topological polar surface area (TPSA) is 61.2 Å².